The van der Waals surface area contributed by atoms with Crippen LogP contribution in [0.25, 0.3) is 0 Å². The highest BCUT2D eigenvalue weighted by Crippen LogP contribution is 2.34. The summed E-state index contributed by atoms with van der Waals surface area (Å²) in [5, 5.41) is 11.5. The predicted octanol–water partition coefficient (Wildman–Crippen LogP) is 2.88. The average Bonchev–Trinajstić information content (AvgIpc) is 2.32. The minimum atomic E-state index is -1.42. The van der Waals surface area contributed by atoms with Gasteiger partial charge in [-0.25, -0.2) is 4.79 Å². The van der Waals surface area contributed by atoms with Crippen LogP contribution in [0.15, 0.2) is 24.3 Å². The van der Waals surface area contributed by atoms with E-state index in [2.05, 4.69) is 31.8 Å². The number of hydrogen-bond donors (Lipinski definition) is 1. The lowest BCUT2D eigenvalue weighted by atomic mass is 9.92. The highest BCUT2D eigenvalue weighted by atomic mass is 28.3. The summed E-state index contributed by atoms with van der Waals surface area (Å²) in [6, 6.07) is 7.97. The summed E-state index contributed by atoms with van der Waals surface area (Å²) in [7, 11) is -1.42. The van der Waals surface area contributed by atoms with Crippen molar-refractivity contribution in [1.82, 2.24) is 4.90 Å². The summed E-state index contributed by atoms with van der Waals surface area (Å²) in [6.45, 7) is 12.7. The fourth-order valence-electron chi connectivity index (χ4n) is 2.58. The van der Waals surface area contributed by atoms with Crippen LogP contribution < -0.4 is 5.19 Å². The van der Waals surface area contributed by atoms with Gasteiger partial charge in [-0.05, 0) is 26.3 Å². The number of β-amino-alcohol motifs (C(OH)–C–C–N with tert-alkyl or cyclic N) is 1. The fourth-order valence-corrected chi connectivity index (χ4v) is 3.78. The highest BCUT2D eigenvalue weighted by molar-refractivity contribution is 6.88. The molecule has 1 saturated heterocycles. The molecule has 1 aliphatic rings. The maximum absolute atomic E-state index is 12.3. The first-order valence-electron chi connectivity index (χ1n) is 7.77. The van der Waals surface area contributed by atoms with Crippen molar-refractivity contribution in [2.24, 2.45) is 0 Å². The number of aliphatic hydroxyl groups is 1. The van der Waals surface area contributed by atoms with Crippen molar-refractivity contribution in [3.05, 3.63) is 29.8 Å². The first-order chi connectivity index (χ1) is 9.99. The van der Waals surface area contributed by atoms with Crippen LogP contribution in [0, 0.1) is 0 Å². The highest BCUT2D eigenvalue weighted by Gasteiger charge is 2.43. The van der Waals surface area contributed by atoms with Crippen molar-refractivity contribution in [2.75, 3.05) is 6.54 Å². The third-order valence-electron chi connectivity index (χ3n) is 3.81. The standard InChI is InChI=1S/C17H27NO3Si/c1-17(2,3)21-16(20)18-11-14(19)15(18)12-8-7-9-13(10-12)22(4,5)6/h7-10,14-15,19H,11H2,1-6H3. The van der Waals surface area contributed by atoms with Gasteiger partial charge < -0.3 is 9.84 Å². The number of benzene rings is 1. The van der Waals surface area contributed by atoms with E-state index in [1.165, 1.54) is 5.19 Å². The molecule has 0 aromatic heterocycles. The van der Waals surface area contributed by atoms with Gasteiger partial charge >= 0.3 is 6.09 Å². The minimum absolute atomic E-state index is 0.300. The molecule has 1 N–H and O–H groups in total. The Bertz CT molecular complexity index is 560. The number of rotatable bonds is 2. The van der Waals surface area contributed by atoms with E-state index in [-0.39, 0.29) is 12.1 Å². The molecule has 1 aromatic rings. The first kappa shape index (κ1) is 17.0. The number of nitrogens with zero attached hydrogens (tertiary/aromatic N) is 1. The van der Waals surface area contributed by atoms with Gasteiger partial charge in [-0.2, -0.15) is 0 Å². The van der Waals surface area contributed by atoms with Gasteiger partial charge in [0.1, 0.15) is 5.60 Å². The normalized spacial score (nSPS) is 22.2. The molecule has 0 radical (unpaired) electrons. The Hall–Kier alpha value is -1.33. The summed E-state index contributed by atoms with van der Waals surface area (Å²) in [5.74, 6) is 0. The lowest BCUT2D eigenvalue weighted by Gasteiger charge is -2.45. The van der Waals surface area contributed by atoms with E-state index in [4.69, 9.17) is 4.74 Å². The number of hydrogen-bond acceptors (Lipinski definition) is 3. The van der Waals surface area contributed by atoms with E-state index in [1.54, 1.807) is 4.90 Å². The van der Waals surface area contributed by atoms with Crippen LogP contribution in [0.5, 0.6) is 0 Å². The van der Waals surface area contributed by atoms with Gasteiger partial charge in [-0.3, -0.25) is 4.90 Å². The lowest BCUT2D eigenvalue weighted by Crippen LogP contribution is -2.57. The Kier molecular flexibility index (Phi) is 4.41. The van der Waals surface area contributed by atoms with E-state index in [0.29, 0.717) is 6.54 Å². The summed E-state index contributed by atoms with van der Waals surface area (Å²) >= 11 is 0. The van der Waals surface area contributed by atoms with Crippen LogP contribution in [0.2, 0.25) is 19.6 Å². The molecule has 1 fully saturated rings. The maximum Gasteiger partial charge on any atom is 0.410 e. The monoisotopic (exact) mass is 321 g/mol. The van der Waals surface area contributed by atoms with Crippen LogP contribution in [-0.4, -0.2) is 42.4 Å². The number of aliphatic hydroxyl groups excluding tert-OH is 1. The zero-order valence-electron chi connectivity index (χ0n) is 14.4. The molecule has 22 heavy (non-hydrogen) atoms. The van der Waals surface area contributed by atoms with Gasteiger partial charge in [0.25, 0.3) is 0 Å². The second-order valence-corrected chi connectivity index (χ2v) is 13.1. The zero-order chi connectivity index (χ0) is 16.7. The molecule has 2 rings (SSSR count). The predicted molar refractivity (Wildman–Crippen MR) is 91.1 cm³/mol. The molecule has 0 saturated carbocycles. The van der Waals surface area contributed by atoms with Crippen molar-refractivity contribution in [1.29, 1.82) is 0 Å². The lowest BCUT2D eigenvalue weighted by molar-refractivity contribution is -0.0723. The summed E-state index contributed by atoms with van der Waals surface area (Å²) < 4.78 is 5.42. The van der Waals surface area contributed by atoms with Crippen molar-refractivity contribution in [3.63, 3.8) is 0 Å². The molecule has 0 bridgehead atoms. The molecule has 1 aliphatic heterocycles. The van der Waals surface area contributed by atoms with Crippen LogP contribution in [-0.2, 0) is 4.74 Å². The Labute approximate surface area is 134 Å². The zero-order valence-corrected chi connectivity index (χ0v) is 15.4. The number of carbonyl (C=O) groups excluding carboxylic acids is 1. The molecular weight excluding hydrogens is 294 g/mol. The number of amides is 1. The average molecular weight is 321 g/mol. The number of ether oxygens (including phenoxy) is 1. The number of carbonyl (C=O) groups is 1. The molecule has 1 aromatic carbocycles. The third kappa shape index (κ3) is 3.70. The van der Waals surface area contributed by atoms with Crippen molar-refractivity contribution in [3.8, 4) is 0 Å². The van der Waals surface area contributed by atoms with Gasteiger partial charge in [-0.1, -0.05) is 49.1 Å². The van der Waals surface area contributed by atoms with E-state index >= 15 is 0 Å². The Morgan fingerprint density at radius 3 is 2.45 bits per heavy atom. The van der Waals surface area contributed by atoms with E-state index < -0.39 is 19.8 Å². The van der Waals surface area contributed by atoms with Gasteiger partial charge in [0.15, 0.2) is 0 Å². The molecule has 1 heterocycles. The molecule has 122 valence electrons. The molecule has 5 heteroatoms. The summed E-state index contributed by atoms with van der Waals surface area (Å²) in [5.41, 5.74) is 0.465. The molecule has 4 nitrogen and oxygen atoms in total. The Balaban J connectivity index is 2.22. The first-order valence-corrected chi connectivity index (χ1v) is 11.3. The van der Waals surface area contributed by atoms with Gasteiger partial charge in [0, 0.05) is 0 Å². The second kappa shape index (κ2) is 5.70. The fraction of sp³-hybridized carbons (Fsp3) is 0.588. The van der Waals surface area contributed by atoms with Gasteiger partial charge in [-0.15, -0.1) is 0 Å². The molecule has 2 unspecified atom stereocenters. The molecule has 0 aliphatic carbocycles. The third-order valence-corrected chi connectivity index (χ3v) is 5.85. The molecule has 0 spiro atoms. The Morgan fingerprint density at radius 2 is 1.95 bits per heavy atom. The van der Waals surface area contributed by atoms with E-state index in [9.17, 15) is 9.90 Å². The van der Waals surface area contributed by atoms with Crippen molar-refractivity contribution >= 4 is 19.4 Å². The second-order valence-electron chi connectivity index (χ2n) is 8.02. The SMILES string of the molecule is CC(C)(C)OC(=O)N1CC(O)C1c1cccc([Si](C)(C)C)c1. The quantitative estimate of drug-likeness (QED) is 0.852. The van der Waals surface area contributed by atoms with Crippen LogP contribution in [0.4, 0.5) is 4.79 Å². The summed E-state index contributed by atoms with van der Waals surface area (Å²) in [6.07, 6.45) is -0.884. The Morgan fingerprint density at radius 1 is 1.32 bits per heavy atom. The molecule has 1 amide bonds. The minimum Gasteiger partial charge on any atom is -0.444 e. The van der Waals surface area contributed by atoms with Crippen LogP contribution in [0.1, 0.15) is 32.4 Å². The van der Waals surface area contributed by atoms with Gasteiger partial charge in [0.2, 0.25) is 0 Å². The molecule has 2 atom stereocenters. The smallest absolute Gasteiger partial charge is 0.410 e. The number of likely N-dealkylation sites (tertiary alicyclic amines) is 1. The summed E-state index contributed by atoms with van der Waals surface area (Å²) in [4.78, 5) is 13.9. The van der Waals surface area contributed by atoms with Crippen LogP contribution >= 0.6 is 0 Å². The van der Waals surface area contributed by atoms with Crippen LogP contribution in [0.3, 0.4) is 0 Å². The topological polar surface area (TPSA) is 49.8 Å². The maximum atomic E-state index is 12.3. The largest absolute Gasteiger partial charge is 0.444 e. The van der Waals surface area contributed by atoms with Gasteiger partial charge in [0.05, 0.1) is 26.8 Å². The van der Waals surface area contributed by atoms with E-state index in [0.717, 1.165) is 5.56 Å². The van der Waals surface area contributed by atoms with E-state index in [1.807, 2.05) is 32.9 Å². The molecular formula is C17H27NO3Si. The van der Waals surface area contributed by atoms with Crippen molar-refractivity contribution < 1.29 is 14.6 Å². The van der Waals surface area contributed by atoms with Crippen molar-refractivity contribution in [2.45, 2.75) is 58.2 Å².